The summed E-state index contributed by atoms with van der Waals surface area (Å²) < 4.78 is 18.3. The summed E-state index contributed by atoms with van der Waals surface area (Å²) in [5.74, 6) is -2.03. The van der Waals surface area contributed by atoms with E-state index in [-0.39, 0.29) is 50.3 Å². The summed E-state index contributed by atoms with van der Waals surface area (Å²) >= 11 is 0. The van der Waals surface area contributed by atoms with Gasteiger partial charge in [0, 0.05) is 12.2 Å². The van der Waals surface area contributed by atoms with Gasteiger partial charge in [0.25, 0.3) is 5.91 Å². The van der Waals surface area contributed by atoms with Crippen molar-refractivity contribution >= 4 is 19.5 Å². The van der Waals surface area contributed by atoms with Crippen molar-refractivity contribution < 1.29 is 66.4 Å². The number of carbonyl (C=O) groups is 2. The van der Waals surface area contributed by atoms with Crippen LogP contribution in [-0.2, 0) is 37.9 Å². The van der Waals surface area contributed by atoms with Crippen LogP contribution in [0, 0.1) is 0 Å². The number of nitrogens with two attached hydrogens (primary N) is 1. The van der Waals surface area contributed by atoms with E-state index in [0.29, 0.717) is 45.1 Å². The molecule has 0 bridgehead atoms. The number of rotatable bonds is 15. The predicted molar refractivity (Wildman–Crippen MR) is 134 cm³/mol. The maximum Gasteiger partial charge on any atom is 1.00 e. The molecule has 0 spiro atoms. The fraction of sp³-hybridized carbons (Fsp3) is 0.481. The largest absolute Gasteiger partial charge is 1.00 e. The van der Waals surface area contributed by atoms with Crippen LogP contribution in [0.2, 0.25) is 0 Å². The maximum atomic E-state index is 13.5. The monoisotopic (exact) mass is 528 g/mol. The number of benzene rings is 2. The van der Waals surface area contributed by atoms with Crippen LogP contribution in [0.15, 0.2) is 54.6 Å². The van der Waals surface area contributed by atoms with Gasteiger partial charge in [-0.2, -0.15) is 0 Å². The molecular formula is C27H35Li2N2O6P. The van der Waals surface area contributed by atoms with Crippen LogP contribution in [-0.4, -0.2) is 48.2 Å². The smallest absolute Gasteiger partial charge is 0.778 e. The van der Waals surface area contributed by atoms with E-state index in [9.17, 15) is 24.2 Å². The number of carboxylic acids is 1. The van der Waals surface area contributed by atoms with Gasteiger partial charge in [0.05, 0.1) is 12.5 Å². The second-order valence-corrected chi connectivity index (χ2v) is 11.2. The SMILES string of the molecule is NCCCC[C@H](OP(=O)([O-])CCCCc1ccccc1)C(=O)N(CC(=O)[O-])C1Cc2ccccc2C1.[Li+].[Li+]. The van der Waals surface area contributed by atoms with Crippen molar-refractivity contribution in [1.82, 2.24) is 4.90 Å². The van der Waals surface area contributed by atoms with Crippen LogP contribution in [0.5, 0.6) is 0 Å². The Morgan fingerprint density at radius 2 is 1.58 bits per heavy atom. The Balaban J connectivity index is 0.00000361. The first-order valence-electron chi connectivity index (χ1n) is 12.6. The van der Waals surface area contributed by atoms with Gasteiger partial charge >= 0.3 is 37.7 Å². The van der Waals surface area contributed by atoms with E-state index in [1.807, 2.05) is 54.6 Å². The van der Waals surface area contributed by atoms with E-state index in [1.165, 1.54) is 4.90 Å². The molecule has 0 aliphatic heterocycles. The van der Waals surface area contributed by atoms with Gasteiger partial charge in [-0.3, -0.25) is 4.79 Å². The molecule has 1 unspecified atom stereocenters. The second-order valence-electron chi connectivity index (χ2n) is 9.32. The van der Waals surface area contributed by atoms with E-state index in [0.717, 1.165) is 23.1 Å². The average Bonchev–Trinajstić information content (AvgIpc) is 3.29. The fourth-order valence-electron chi connectivity index (χ4n) is 4.69. The van der Waals surface area contributed by atoms with Crippen LogP contribution in [0.1, 0.15) is 48.8 Å². The number of carboxylic acid groups (broad SMARTS) is 1. The molecule has 8 nitrogen and oxygen atoms in total. The van der Waals surface area contributed by atoms with Crippen LogP contribution >= 0.6 is 7.60 Å². The van der Waals surface area contributed by atoms with Crippen molar-refractivity contribution in [3.8, 4) is 0 Å². The van der Waals surface area contributed by atoms with Gasteiger partial charge in [0.1, 0.15) is 13.7 Å². The topological polar surface area (TPSA) is 136 Å². The van der Waals surface area contributed by atoms with Crippen LogP contribution in [0.25, 0.3) is 0 Å². The Hall–Kier alpha value is -1.32. The predicted octanol–water partition coefficient (Wildman–Crippen LogP) is -4.17. The number of carbonyl (C=O) groups excluding carboxylic acids is 2. The van der Waals surface area contributed by atoms with E-state index in [1.54, 1.807) is 0 Å². The minimum atomic E-state index is -4.33. The average molecular weight is 528 g/mol. The number of fused-ring (bicyclic) bond motifs is 1. The molecule has 0 heterocycles. The minimum absolute atomic E-state index is 0. The number of aliphatic carboxylic acids is 1. The van der Waals surface area contributed by atoms with Gasteiger partial charge in [-0.25, -0.2) is 0 Å². The van der Waals surface area contributed by atoms with Crippen molar-refractivity contribution in [1.29, 1.82) is 0 Å². The summed E-state index contributed by atoms with van der Waals surface area (Å²) in [6.45, 7) is -0.218. The van der Waals surface area contributed by atoms with Crippen molar-refractivity contribution in [3.63, 3.8) is 0 Å². The van der Waals surface area contributed by atoms with Gasteiger partial charge in [0.15, 0.2) is 0 Å². The summed E-state index contributed by atoms with van der Waals surface area (Å²) in [7, 11) is -4.33. The van der Waals surface area contributed by atoms with E-state index in [2.05, 4.69) is 0 Å². The van der Waals surface area contributed by atoms with E-state index >= 15 is 0 Å². The number of nitrogens with zero attached hydrogens (tertiary/aromatic N) is 1. The quantitative estimate of drug-likeness (QED) is 0.141. The first-order chi connectivity index (χ1) is 17.3. The summed E-state index contributed by atoms with van der Waals surface area (Å²) in [6, 6.07) is 17.1. The number of amides is 1. The summed E-state index contributed by atoms with van der Waals surface area (Å²) in [5.41, 5.74) is 8.81. The first kappa shape index (κ1) is 34.7. The number of hydrogen-bond donors (Lipinski definition) is 1. The molecule has 3 rings (SSSR count). The maximum absolute atomic E-state index is 13.5. The third-order valence-corrected chi connectivity index (χ3v) is 7.97. The number of aryl methyl sites for hydroxylation is 1. The molecule has 2 atom stereocenters. The zero-order valence-electron chi connectivity index (χ0n) is 22.6. The van der Waals surface area contributed by atoms with Crippen molar-refractivity contribution in [2.45, 2.75) is 63.5 Å². The molecule has 1 aliphatic rings. The molecular weight excluding hydrogens is 493 g/mol. The first-order valence-corrected chi connectivity index (χ1v) is 14.3. The Bertz CT molecular complexity index is 1030. The standard InChI is InChI=1S/C27H37N2O6P.2Li/c28-16-8-6-15-25(35-36(33,34)17-9-7-12-21-10-2-1-3-11-21)27(32)29(20-26(30)31)24-18-22-13-4-5-14-23(22)19-24;;/h1-5,10-11,13-14,24-25H,6-9,12,15-20,28H2,(H,30,31)(H,33,34);;/q;2*+1/p-2/t25-;;/m0../s1. The molecule has 0 fully saturated rings. The van der Waals surface area contributed by atoms with Gasteiger partial charge in [-0.05, 0) is 74.6 Å². The second kappa shape index (κ2) is 17.4. The van der Waals surface area contributed by atoms with Gasteiger partial charge in [0.2, 0.25) is 0 Å². The molecule has 0 saturated carbocycles. The van der Waals surface area contributed by atoms with E-state index in [4.69, 9.17) is 10.3 Å². The Morgan fingerprint density at radius 1 is 0.974 bits per heavy atom. The zero-order chi connectivity index (χ0) is 26.0. The van der Waals surface area contributed by atoms with Crippen molar-refractivity contribution in [2.24, 2.45) is 5.73 Å². The molecule has 0 saturated heterocycles. The third kappa shape index (κ3) is 11.0. The Morgan fingerprint density at radius 3 is 2.16 bits per heavy atom. The summed E-state index contributed by atoms with van der Waals surface area (Å²) in [4.78, 5) is 39.1. The minimum Gasteiger partial charge on any atom is -0.778 e. The molecule has 1 aliphatic carbocycles. The van der Waals surface area contributed by atoms with Gasteiger partial charge < -0.3 is 34.5 Å². The number of hydrogen-bond acceptors (Lipinski definition) is 7. The Labute approximate surface area is 249 Å². The Kier molecular flexibility index (Phi) is 15.9. The molecule has 196 valence electrons. The molecule has 2 N–H and O–H groups in total. The third-order valence-electron chi connectivity index (χ3n) is 6.53. The molecule has 2 aromatic rings. The zero-order valence-corrected chi connectivity index (χ0v) is 23.4. The molecule has 11 heteroatoms. The van der Waals surface area contributed by atoms with Crippen LogP contribution in [0.4, 0.5) is 0 Å². The van der Waals surface area contributed by atoms with Crippen LogP contribution < -0.4 is 53.5 Å². The summed E-state index contributed by atoms with van der Waals surface area (Å²) in [5, 5.41) is 11.5. The van der Waals surface area contributed by atoms with Gasteiger partial charge in [-0.1, -0.05) is 54.6 Å². The normalized spacial score (nSPS) is 14.9. The van der Waals surface area contributed by atoms with Crippen molar-refractivity contribution in [3.05, 3.63) is 71.3 Å². The fourth-order valence-corrected chi connectivity index (χ4v) is 5.99. The molecule has 0 aromatic heterocycles. The van der Waals surface area contributed by atoms with Gasteiger partial charge in [-0.15, -0.1) is 0 Å². The van der Waals surface area contributed by atoms with Crippen LogP contribution in [0.3, 0.4) is 0 Å². The van der Waals surface area contributed by atoms with E-state index < -0.39 is 38.2 Å². The number of unbranched alkanes of at least 4 members (excludes halogenated alkanes) is 2. The molecule has 38 heavy (non-hydrogen) atoms. The summed E-state index contributed by atoms with van der Waals surface area (Å²) in [6.07, 6.45) is 2.60. The molecule has 1 amide bonds. The molecule has 0 radical (unpaired) electrons. The molecule has 2 aromatic carbocycles. The van der Waals surface area contributed by atoms with Crippen molar-refractivity contribution in [2.75, 3.05) is 19.3 Å².